The van der Waals surface area contributed by atoms with Gasteiger partial charge in [-0.1, -0.05) is 43.2 Å². The molecule has 16 heavy (non-hydrogen) atoms. The summed E-state index contributed by atoms with van der Waals surface area (Å²) in [6, 6.07) is 8.61. The van der Waals surface area contributed by atoms with E-state index in [1.54, 1.807) is 0 Å². The molecule has 1 nitrogen and oxygen atoms in total. The van der Waals surface area contributed by atoms with Crippen LogP contribution >= 0.6 is 0 Å². The SMILES string of the molecule is Cc1ccc(C(C)C2CCCCC2=O)cc1. The molecule has 0 amide bonds. The second-order valence-electron chi connectivity index (χ2n) is 5.02. The Morgan fingerprint density at radius 3 is 2.50 bits per heavy atom. The molecule has 0 bridgehead atoms. The normalized spacial score (nSPS) is 23.1. The third kappa shape index (κ3) is 2.34. The Bertz CT molecular complexity index is 364. The molecule has 0 aromatic heterocycles. The summed E-state index contributed by atoms with van der Waals surface area (Å²) >= 11 is 0. The molecule has 1 aromatic rings. The van der Waals surface area contributed by atoms with Crippen LogP contribution < -0.4 is 0 Å². The van der Waals surface area contributed by atoms with Crippen LogP contribution in [0.3, 0.4) is 0 Å². The molecule has 1 saturated carbocycles. The second kappa shape index (κ2) is 4.82. The van der Waals surface area contributed by atoms with Crippen LogP contribution in [-0.4, -0.2) is 5.78 Å². The summed E-state index contributed by atoms with van der Waals surface area (Å²) in [4.78, 5) is 11.9. The van der Waals surface area contributed by atoms with E-state index in [4.69, 9.17) is 0 Å². The Morgan fingerprint density at radius 2 is 1.88 bits per heavy atom. The minimum Gasteiger partial charge on any atom is -0.299 e. The van der Waals surface area contributed by atoms with Crippen molar-refractivity contribution in [3.63, 3.8) is 0 Å². The number of hydrogen-bond acceptors (Lipinski definition) is 1. The van der Waals surface area contributed by atoms with Gasteiger partial charge in [0.25, 0.3) is 0 Å². The van der Waals surface area contributed by atoms with Gasteiger partial charge in [-0.3, -0.25) is 4.79 Å². The lowest BCUT2D eigenvalue weighted by Crippen LogP contribution is -2.24. The maximum Gasteiger partial charge on any atom is 0.136 e. The molecule has 1 heteroatoms. The van der Waals surface area contributed by atoms with Crippen LogP contribution in [0.1, 0.15) is 49.7 Å². The Labute approximate surface area is 97.9 Å². The third-order valence-electron chi connectivity index (χ3n) is 3.81. The molecule has 2 unspecified atom stereocenters. The van der Waals surface area contributed by atoms with Crippen molar-refractivity contribution >= 4 is 5.78 Å². The molecule has 0 saturated heterocycles. The zero-order valence-electron chi connectivity index (χ0n) is 10.2. The fraction of sp³-hybridized carbons (Fsp3) is 0.533. The number of rotatable bonds is 2. The smallest absolute Gasteiger partial charge is 0.136 e. The van der Waals surface area contributed by atoms with E-state index in [1.165, 1.54) is 17.5 Å². The predicted molar refractivity (Wildman–Crippen MR) is 66.6 cm³/mol. The first kappa shape index (κ1) is 11.4. The highest BCUT2D eigenvalue weighted by atomic mass is 16.1. The largest absolute Gasteiger partial charge is 0.299 e. The lowest BCUT2D eigenvalue weighted by molar-refractivity contribution is -0.125. The van der Waals surface area contributed by atoms with Gasteiger partial charge in [-0.2, -0.15) is 0 Å². The summed E-state index contributed by atoms with van der Waals surface area (Å²) < 4.78 is 0. The van der Waals surface area contributed by atoms with Crippen molar-refractivity contribution in [1.29, 1.82) is 0 Å². The van der Waals surface area contributed by atoms with E-state index in [-0.39, 0.29) is 5.92 Å². The van der Waals surface area contributed by atoms with E-state index >= 15 is 0 Å². The van der Waals surface area contributed by atoms with E-state index in [9.17, 15) is 4.79 Å². The number of Topliss-reactive ketones (excluding diaryl/α,β-unsaturated/α-hetero) is 1. The summed E-state index contributed by atoms with van der Waals surface area (Å²) in [7, 11) is 0. The summed E-state index contributed by atoms with van der Waals surface area (Å²) in [5.41, 5.74) is 2.59. The Kier molecular flexibility index (Phi) is 3.42. The van der Waals surface area contributed by atoms with Crippen molar-refractivity contribution < 1.29 is 4.79 Å². The van der Waals surface area contributed by atoms with Crippen LogP contribution in [0.2, 0.25) is 0 Å². The van der Waals surface area contributed by atoms with Gasteiger partial charge >= 0.3 is 0 Å². The molecular formula is C15H20O. The molecule has 0 spiro atoms. The maximum absolute atomic E-state index is 11.9. The fourth-order valence-electron chi connectivity index (χ4n) is 2.64. The van der Waals surface area contributed by atoms with Gasteiger partial charge in [0, 0.05) is 12.3 Å². The van der Waals surface area contributed by atoms with Crippen LogP contribution in [0.25, 0.3) is 0 Å². The molecule has 0 aliphatic heterocycles. The number of aryl methyl sites for hydroxylation is 1. The molecule has 1 aliphatic carbocycles. The molecule has 1 fully saturated rings. The van der Waals surface area contributed by atoms with Crippen molar-refractivity contribution in [1.82, 2.24) is 0 Å². The van der Waals surface area contributed by atoms with Gasteiger partial charge in [0.1, 0.15) is 5.78 Å². The highest BCUT2D eigenvalue weighted by Crippen LogP contribution is 2.33. The predicted octanol–water partition coefficient (Wildman–Crippen LogP) is 3.86. The van der Waals surface area contributed by atoms with Gasteiger partial charge in [-0.25, -0.2) is 0 Å². The van der Waals surface area contributed by atoms with Crippen LogP contribution in [0.15, 0.2) is 24.3 Å². The van der Waals surface area contributed by atoms with Gasteiger partial charge in [0.2, 0.25) is 0 Å². The van der Waals surface area contributed by atoms with Gasteiger partial charge in [0.05, 0.1) is 0 Å². The van der Waals surface area contributed by atoms with Crippen LogP contribution in [0.5, 0.6) is 0 Å². The first-order chi connectivity index (χ1) is 7.68. The van der Waals surface area contributed by atoms with Crippen LogP contribution in [0.4, 0.5) is 0 Å². The minimum atomic E-state index is 0.261. The molecular weight excluding hydrogens is 196 g/mol. The fourth-order valence-corrected chi connectivity index (χ4v) is 2.64. The van der Waals surface area contributed by atoms with Crippen molar-refractivity contribution in [3.8, 4) is 0 Å². The van der Waals surface area contributed by atoms with Gasteiger partial charge in [-0.15, -0.1) is 0 Å². The highest BCUT2D eigenvalue weighted by molar-refractivity contribution is 5.82. The Balaban J connectivity index is 2.14. The summed E-state index contributed by atoms with van der Waals surface area (Å²) in [6.07, 6.45) is 4.18. The van der Waals surface area contributed by atoms with Crippen molar-refractivity contribution in [2.24, 2.45) is 5.92 Å². The molecule has 0 heterocycles. The van der Waals surface area contributed by atoms with E-state index < -0.39 is 0 Å². The van der Waals surface area contributed by atoms with E-state index in [2.05, 4.69) is 38.1 Å². The number of carbonyl (C=O) groups is 1. The molecule has 0 N–H and O–H groups in total. The Morgan fingerprint density at radius 1 is 1.19 bits per heavy atom. The molecule has 1 aromatic carbocycles. The molecule has 1 aliphatic rings. The summed E-state index contributed by atoms with van der Waals surface area (Å²) in [6.45, 7) is 4.29. The second-order valence-corrected chi connectivity index (χ2v) is 5.02. The first-order valence-corrected chi connectivity index (χ1v) is 6.28. The maximum atomic E-state index is 11.9. The van der Waals surface area contributed by atoms with E-state index in [0.29, 0.717) is 11.7 Å². The quantitative estimate of drug-likeness (QED) is 0.733. The molecule has 86 valence electrons. The van der Waals surface area contributed by atoms with Crippen molar-refractivity contribution in [2.75, 3.05) is 0 Å². The van der Waals surface area contributed by atoms with E-state index in [0.717, 1.165) is 19.3 Å². The average molecular weight is 216 g/mol. The number of carbonyl (C=O) groups excluding carboxylic acids is 1. The lowest BCUT2D eigenvalue weighted by atomic mass is 9.77. The Hall–Kier alpha value is -1.11. The summed E-state index contributed by atoms with van der Waals surface area (Å²) in [5, 5.41) is 0. The third-order valence-corrected chi connectivity index (χ3v) is 3.81. The molecule has 2 rings (SSSR count). The summed E-state index contributed by atoms with van der Waals surface area (Å²) in [5.74, 6) is 1.11. The number of hydrogen-bond donors (Lipinski definition) is 0. The topological polar surface area (TPSA) is 17.1 Å². The van der Waals surface area contributed by atoms with Crippen LogP contribution in [-0.2, 0) is 4.79 Å². The monoisotopic (exact) mass is 216 g/mol. The number of benzene rings is 1. The zero-order valence-corrected chi connectivity index (χ0v) is 10.2. The standard InChI is InChI=1S/C15H20O/c1-11-7-9-13(10-8-11)12(2)14-5-3-4-6-15(14)16/h7-10,12,14H,3-6H2,1-2H3. The van der Waals surface area contributed by atoms with Gasteiger partial charge < -0.3 is 0 Å². The number of ketones is 1. The van der Waals surface area contributed by atoms with Crippen LogP contribution in [0, 0.1) is 12.8 Å². The van der Waals surface area contributed by atoms with Crippen molar-refractivity contribution in [3.05, 3.63) is 35.4 Å². The first-order valence-electron chi connectivity index (χ1n) is 6.28. The lowest BCUT2D eigenvalue weighted by Gasteiger charge is -2.26. The minimum absolute atomic E-state index is 0.261. The highest BCUT2D eigenvalue weighted by Gasteiger charge is 2.28. The van der Waals surface area contributed by atoms with Crippen molar-refractivity contribution in [2.45, 2.75) is 45.4 Å². The zero-order chi connectivity index (χ0) is 11.5. The average Bonchev–Trinajstić information content (AvgIpc) is 2.30. The molecule has 0 radical (unpaired) electrons. The molecule has 2 atom stereocenters. The van der Waals surface area contributed by atoms with E-state index in [1.807, 2.05) is 0 Å². The van der Waals surface area contributed by atoms with Gasteiger partial charge in [-0.05, 0) is 31.2 Å². The van der Waals surface area contributed by atoms with Gasteiger partial charge in [0.15, 0.2) is 0 Å².